The highest BCUT2D eigenvalue weighted by Gasteiger charge is 2.73. The van der Waals surface area contributed by atoms with E-state index in [0.717, 1.165) is 49.1 Å². The Hall–Kier alpha value is -3.30. The van der Waals surface area contributed by atoms with E-state index in [9.17, 15) is 23.1 Å². The van der Waals surface area contributed by atoms with Crippen molar-refractivity contribution in [2.24, 2.45) is 0 Å². The van der Waals surface area contributed by atoms with E-state index >= 15 is 0 Å². The number of carbonyl (C=O) groups excluding carboxylic acids is 1. The predicted molar refractivity (Wildman–Crippen MR) is 163 cm³/mol. The number of hydrogen-bond donors (Lipinski definition) is 1. The van der Waals surface area contributed by atoms with E-state index in [0.29, 0.717) is 55.8 Å². The second-order valence-corrected chi connectivity index (χ2v) is 12.6. The number of rotatable bonds is 10. The summed E-state index contributed by atoms with van der Waals surface area (Å²) in [5.74, 6) is 1.01. The SMILES string of the molecule is C=CCN1CC[C@]23c4c5ccc(OC)c4OC2C(N(CCCCC)C(=O)/C=C/c2cccc(C(F)(F)F)c2)CC[C@@]3(O)[C@H]1C5. The Morgan fingerprint density at radius 2 is 2.07 bits per heavy atom. The Balaban J connectivity index is 1.39. The highest BCUT2D eigenvalue weighted by molar-refractivity contribution is 5.92. The summed E-state index contributed by atoms with van der Waals surface area (Å²) >= 11 is 0. The average molecular weight is 611 g/mol. The first kappa shape index (κ1) is 30.7. The summed E-state index contributed by atoms with van der Waals surface area (Å²) in [4.78, 5) is 18.1. The van der Waals surface area contributed by atoms with Gasteiger partial charge in [-0.3, -0.25) is 9.69 Å². The lowest BCUT2D eigenvalue weighted by Gasteiger charge is -2.64. The zero-order valence-electron chi connectivity index (χ0n) is 25.4. The van der Waals surface area contributed by atoms with Crippen LogP contribution in [-0.4, -0.2) is 71.3 Å². The molecule has 6 rings (SSSR count). The maximum absolute atomic E-state index is 14.0. The summed E-state index contributed by atoms with van der Waals surface area (Å²) in [6.45, 7) is 7.99. The Morgan fingerprint density at radius 1 is 1.25 bits per heavy atom. The summed E-state index contributed by atoms with van der Waals surface area (Å²) in [5, 5.41) is 12.8. The molecule has 0 radical (unpaired) electrons. The summed E-state index contributed by atoms with van der Waals surface area (Å²) in [6, 6.07) is 8.54. The minimum Gasteiger partial charge on any atom is -0.493 e. The van der Waals surface area contributed by atoms with Gasteiger partial charge in [-0.15, -0.1) is 6.58 Å². The molecule has 236 valence electrons. The number of amides is 1. The number of methoxy groups -OCH3 is 1. The van der Waals surface area contributed by atoms with Gasteiger partial charge in [-0.25, -0.2) is 0 Å². The molecule has 5 atom stereocenters. The number of unbranched alkanes of at least 4 members (excludes halogenated alkanes) is 2. The molecular formula is C35H41F3N2O4. The monoisotopic (exact) mass is 610 g/mol. The number of piperidine rings is 1. The van der Waals surface area contributed by atoms with E-state index in [1.165, 1.54) is 18.2 Å². The van der Waals surface area contributed by atoms with Crippen LogP contribution in [0.4, 0.5) is 13.2 Å². The molecule has 1 N–H and O–H groups in total. The minimum atomic E-state index is -4.47. The maximum Gasteiger partial charge on any atom is 0.416 e. The lowest BCUT2D eigenvalue weighted by Crippen LogP contribution is -2.78. The third kappa shape index (κ3) is 4.74. The third-order valence-corrected chi connectivity index (χ3v) is 10.4. The number of ether oxygens (including phenoxy) is 2. The molecular weight excluding hydrogens is 569 g/mol. The van der Waals surface area contributed by atoms with Gasteiger partial charge in [0.25, 0.3) is 0 Å². The van der Waals surface area contributed by atoms with Crippen molar-refractivity contribution in [2.75, 3.05) is 26.7 Å². The van der Waals surface area contributed by atoms with E-state index in [4.69, 9.17) is 9.47 Å². The Kier molecular flexibility index (Phi) is 8.07. The molecule has 44 heavy (non-hydrogen) atoms. The summed E-state index contributed by atoms with van der Waals surface area (Å²) < 4.78 is 52.6. The molecule has 2 fully saturated rings. The number of nitrogens with zero attached hydrogens (tertiary/aromatic N) is 2. The van der Waals surface area contributed by atoms with E-state index < -0.39 is 28.9 Å². The standard InChI is InChI=1S/C35H41F3N2O4/c1-4-6-7-19-40(29(41)14-11-23-9-8-10-25(21-23)35(36,37)38)26-15-16-34(42)28-22-24-12-13-27(43-3)31-30(24)33(34,32(26)44-31)17-20-39(28)18-5-2/h5,8-14,21,26,28,32,42H,2,4,6-7,15-20,22H2,1,3H3/b14-11+/t26?,28-,32?,33+,34-/m1/s1. The molecule has 1 amide bonds. The second-order valence-electron chi connectivity index (χ2n) is 12.6. The number of halogens is 3. The largest absolute Gasteiger partial charge is 0.493 e. The first-order valence-corrected chi connectivity index (χ1v) is 15.7. The van der Waals surface area contributed by atoms with Crippen molar-refractivity contribution in [3.05, 3.63) is 77.4 Å². The molecule has 9 heteroatoms. The van der Waals surface area contributed by atoms with Gasteiger partial charge in [0.05, 0.1) is 29.7 Å². The van der Waals surface area contributed by atoms with Crippen molar-refractivity contribution in [3.63, 3.8) is 0 Å². The summed E-state index contributed by atoms with van der Waals surface area (Å²) in [6.07, 6.45) is 4.86. The molecule has 1 spiro atoms. The van der Waals surface area contributed by atoms with E-state index in [2.05, 4.69) is 24.5 Å². The van der Waals surface area contributed by atoms with E-state index in [1.807, 2.05) is 17.0 Å². The topological polar surface area (TPSA) is 62.2 Å². The van der Waals surface area contributed by atoms with Crippen molar-refractivity contribution in [1.29, 1.82) is 0 Å². The molecule has 2 aromatic carbocycles. The van der Waals surface area contributed by atoms with Crippen molar-refractivity contribution < 1.29 is 32.5 Å². The maximum atomic E-state index is 14.0. The fourth-order valence-electron chi connectivity index (χ4n) is 8.51. The van der Waals surface area contributed by atoms with Crippen LogP contribution in [0, 0.1) is 0 Å². The first-order valence-electron chi connectivity index (χ1n) is 15.7. The molecule has 2 aliphatic carbocycles. The van der Waals surface area contributed by atoms with Crippen molar-refractivity contribution >= 4 is 12.0 Å². The van der Waals surface area contributed by atoms with Crippen LogP contribution in [0.2, 0.25) is 0 Å². The highest BCUT2D eigenvalue weighted by atomic mass is 19.4. The molecule has 2 unspecified atom stereocenters. The number of alkyl halides is 3. The van der Waals surface area contributed by atoms with Gasteiger partial charge in [-0.2, -0.15) is 13.2 Å². The molecule has 1 saturated heterocycles. The normalized spacial score (nSPS) is 28.8. The minimum absolute atomic E-state index is 0.113. The van der Waals surface area contributed by atoms with E-state index in [1.54, 1.807) is 13.2 Å². The van der Waals surface area contributed by atoms with Crippen LogP contribution in [0.15, 0.2) is 55.1 Å². The third-order valence-electron chi connectivity index (χ3n) is 10.4. The first-order chi connectivity index (χ1) is 21.1. The molecule has 1 saturated carbocycles. The number of aliphatic hydroxyl groups is 1. The quantitative estimate of drug-likeness (QED) is 0.199. The van der Waals surface area contributed by atoms with Gasteiger partial charge in [0.1, 0.15) is 6.10 Å². The van der Waals surface area contributed by atoms with Gasteiger partial charge in [0.2, 0.25) is 5.91 Å². The molecule has 2 aliphatic heterocycles. The van der Waals surface area contributed by atoms with Crippen LogP contribution >= 0.6 is 0 Å². The number of benzene rings is 2. The Morgan fingerprint density at radius 3 is 2.80 bits per heavy atom. The zero-order chi connectivity index (χ0) is 31.3. The van der Waals surface area contributed by atoms with E-state index in [-0.39, 0.29) is 18.0 Å². The molecule has 2 aromatic rings. The van der Waals surface area contributed by atoms with Crippen molar-refractivity contribution in [1.82, 2.24) is 9.80 Å². The van der Waals surface area contributed by atoms with Crippen LogP contribution in [0.1, 0.15) is 67.7 Å². The molecule has 6 nitrogen and oxygen atoms in total. The molecule has 4 aliphatic rings. The highest BCUT2D eigenvalue weighted by Crippen LogP contribution is 2.66. The smallest absolute Gasteiger partial charge is 0.416 e. The van der Waals surface area contributed by atoms with Gasteiger partial charge in [0.15, 0.2) is 11.5 Å². The van der Waals surface area contributed by atoms with Crippen LogP contribution in [-0.2, 0) is 22.8 Å². The van der Waals surface area contributed by atoms with Crippen LogP contribution < -0.4 is 9.47 Å². The van der Waals surface area contributed by atoms with Crippen LogP contribution in [0.3, 0.4) is 0 Å². The van der Waals surface area contributed by atoms with Crippen molar-refractivity contribution in [3.8, 4) is 11.5 Å². The number of hydrogen-bond acceptors (Lipinski definition) is 5. The second kappa shape index (κ2) is 11.6. The molecule has 2 bridgehead atoms. The van der Waals surface area contributed by atoms with Gasteiger partial charge >= 0.3 is 6.18 Å². The number of likely N-dealkylation sites (tertiary alicyclic amines) is 1. The lowest BCUT2D eigenvalue weighted by atomic mass is 9.48. The fourth-order valence-corrected chi connectivity index (χ4v) is 8.51. The van der Waals surface area contributed by atoms with Gasteiger partial charge < -0.3 is 19.5 Å². The molecule has 0 aromatic heterocycles. The molecule has 2 heterocycles. The summed E-state index contributed by atoms with van der Waals surface area (Å²) in [7, 11) is 1.61. The Labute approximate surface area is 257 Å². The number of carbonyl (C=O) groups is 1. The Bertz CT molecular complexity index is 1460. The van der Waals surface area contributed by atoms with Gasteiger partial charge in [-0.05, 0) is 74.1 Å². The van der Waals surface area contributed by atoms with Crippen LogP contribution in [0.5, 0.6) is 11.5 Å². The van der Waals surface area contributed by atoms with Crippen molar-refractivity contribution in [2.45, 2.75) is 87.2 Å². The van der Waals surface area contributed by atoms with Gasteiger partial charge in [0, 0.05) is 30.8 Å². The zero-order valence-corrected chi connectivity index (χ0v) is 25.4. The fraction of sp³-hybridized carbons (Fsp3) is 0.514. The predicted octanol–water partition coefficient (Wildman–Crippen LogP) is 6.15. The van der Waals surface area contributed by atoms with Crippen LogP contribution in [0.25, 0.3) is 6.08 Å². The summed E-state index contributed by atoms with van der Waals surface area (Å²) in [5.41, 5.74) is -0.0730. The average Bonchev–Trinajstić information content (AvgIpc) is 3.35. The lowest BCUT2D eigenvalue weighted by molar-refractivity contribution is -0.199. The van der Waals surface area contributed by atoms with Gasteiger partial charge in [-0.1, -0.05) is 44.0 Å².